The van der Waals surface area contributed by atoms with Gasteiger partial charge >= 0.3 is 6.09 Å². The number of ether oxygens (including phenoxy) is 1. The zero-order valence-electron chi connectivity index (χ0n) is 11.3. The molecule has 98 valence electrons. The Morgan fingerprint density at radius 3 is 2.44 bits per heavy atom. The smallest absolute Gasteiger partial charge is 0.418 e. The lowest BCUT2D eigenvalue weighted by Gasteiger charge is -2.19. The molecule has 1 rings (SSSR count). The molecule has 1 amide bonds. The molecule has 3 nitrogen and oxygen atoms in total. The molecule has 0 fully saturated rings. The molecule has 0 spiro atoms. The SMILES string of the molecule is C=CN(C(=O)OC(C)C)c1ccc(CCC)cc1. The lowest BCUT2D eigenvalue weighted by Crippen LogP contribution is -2.28. The van der Waals surface area contributed by atoms with Gasteiger partial charge in [0.1, 0.15) is 0 Å². The summed E-state index contributed by atoms with van der Waals surface area (Å²) in [5.74, 6) is 0. The number of aryl methyl sites for hydroxylation is 1. The van der Waals surface area contributed by atoms with Gasteiger partial charge in [-0.05, 0) is 38.0 Å². The number of hydrogen-bond acceptors (Lipinski definition) is 2. The Labute approximate surface area is 109 Å². The highest BCUT2D eigenvalue weighted by Crippen LogP contribution is 2.18. The molecular weight excluding hydrogens is 226 g/mol. The van der Waals surface area contributed by atoms with Crippen molar-refractivity contribution in [2.75, 3.05) is 4.90 Å². The van der Waals surface area contributed by atoms with E-state index in [1.54, 1.807) is 0 Å². The maximum Gasteiger partial charge on any atom is 0.418 e. The molecule has 1 aromatic carbocycles. The van der Waals surface area contributed by atoms with Crippen LogP contribution in [-0.2, 0) is 11.2 Å². The van der Waals surface area contributed by atoms with E-state index >= 15 is 0 Å². The molecule has 0 aliphatic carbocycles. The van der Waals surface area contributed by atoms with Gasteiger partial charge in [0.05, 0.1) is 11.8 Å². The standard InChI is InChI=1S/C15H21NO2/c1-5-7-13-8-10-14(11-9-13)16(6-2)15(17)18-12(3)4/h6,8-12H,2,5,7H2,1,3-4H3. The average Bonchev–Trinajstić information content (AvgIpc) is 2.31. The van der Waals surface area contributed by atoms with Crippen LogP contribution >= 0.6 is 0 Å². The van der Waals surface area contributed by atoms with Crippen LogP contribution in [0.3, 0.4) is 0 Å². The fourth-order valence-corrected chi connectivity index (χ4v) is 1.66. The van der Waals surface area contributed by atoms with E-state index in [1.807, 2.05) is 38.1 Å². The van der Waals surface area contributed by atoms with Crippen molar-refractivity contribution in [2.45, 2.75) is 39.7 Å². The highest BCUT2D eigenvalue weighted by atomic mass is 16.6. The topological polar surface area (TPSA) is 29.5 Å². The molecule has 0 heterocycles. The van der Waals surface area contributed by atoms with Gasteiger partial charge in [-0.25, -0.2) is 4.79 Å². The molecular formula is C15H21NO2. The summed E-state index contributed by atoms with van der Waals surface area (Å²) in [5, 5.41) is 0. The number of anilines is 1. The second kappa shape index (κ2) is 6.84. The zero-order chi connectivity index (χ0) is 13.5. The number of carbonyl (C=O) groups is 1. The van der Waals surface area contributed by atoms with Crippen LogP contribution in [0.4, 0.5) is 10.5 Å². The molecule has 18 heavy (non-hydrogen) atoms. The van der Waals surface area contributed by atoms with Crippen molar-refractivity contribution in [3.05, 3.63) is 42.6 Å². The van der Waals surface area contributed by atoms with Crippen LogP contribution in [0.5, 0.6) is 0 Å². The summed E-state index contributed by atoms with van der Waals surface area (Å²) < 4.78 is 5.15. The van der Waals surface area contributed by atoms with Gasteiger partial charge in [-0.1, -0.05) is 32.1 Å². The minimum Gasteiger partial charge on any atom is -0.446 e. The summed E-state index contributed by atoms with van der Waals surface area (Å²) in [6.07, 6.45) is 3.09. The molecule has 0 saturated heterocycles. The highest BCUT2D eigenvalue weighted by Gasteiger charge is 2.15. The Bertz CT molecular complexity index is 395. The third-order valence-corrected chi connectivity index (χ3v) is 2.47. The maximum absolute atomic E-state index is 11.8. The lowest BCUT2D eigenvalue weighted by molar-refractivity contribution is 0.125. The van der Waals surface area contributed by atoms with Crippen LogP contribution in [-0.4, -0.2) is 12.2 Å². The van der Waals surface area contributed by atoms with Gasteiger partial charge in [0.25, 0.3) is 0 Å². The molecule has 0 aliphatic rings. The molecule has 3 heteroatoms. The number of rotatable bonds is 5. The molecule has 0 unspecified atom stereocenters. The molecule has 0 bridgehead atoms. The Balaban J connectivity index is 2.82. The Kier molecular flexibility index (Phi) is 5.43. The zero-order valence-corrected chi connectivity index (χ0v) is 11.3. The van der Waals surface area contributed by atoms with E-state index in [2.05, 4.69) is 13.5 Å². The molecule has 0 aliphatic heterocycles. The first-order valence-corrected chi connectivity index (χ1v) is 6.29. The molecule has 0 radical (unpaired) electrons. The second-order valence-electron chi connectivity index (χ2n) is 4.40. The monoisotopic (exact) mass is 247 g/mol. The van der Waals surface area contributed by atoms with E-state index in [1.165, 1.54) is 16.7 Å². The van der Waals surface area contributed by atoms with E-state index in [4.69, 9.17) is 4.74 Å². The van der Waals surface area contributed by atoms with E-state index in [9.17, 15) is 4.79 Å². The number of amides is 1. The first kappa shape index (κ1) is 14.3. The average molecular weight is 247 g/mol. The quantitative estimate of drug-likeness (QED) is 0.782. The molecule has 0 atom stereocenters. The van der Waals surface area contributed by atoms with Gasteiger partial charge in [-0.3, -0.25) is 4.90 Å². The van der Waals surface area contributed by atoms with Crippen molar-refractivity contribution in [1.82, 2.24) is 0 Å². The summed E-state index contributed by atoms with van der Waals surface area (Å²) in [6, 6.07) is 7.87. The van der Waals surface area contributed by atoms with E-state index in [-0.39, 0.29) is 6.10 Å². The fraction of sp³-hybridized carbons (Fsp3) is 0.400. The second-order valence-corrected chi connectivity index (χ2v) is 4.40. The predicted octanol–water partition coefficient (Wildman–Crippen LogP) is 4.13. The van der Waals surface area contributed by atoms with Crippen molar-refractivity contribution < 1.29 is 9.53 Å². The van der Waals surface area contributed by atoms with Crippen molar-refractivity contribution >= 4 is 11.8 Å². The number of hydrogen-bond donors (Lipinski definition) is 0. The van der Waals surface area contributed by atoms with Crippen LogP contribution in [0.25, 0.3) is 0 Å². The fourth-order valence-electron chi connectivity index (χ4n) is 1.66. The first-order chi connectivity index (χ1) is 8.58. The third kappa shape index (κ3) is 3.91. The Hall–Kier alpha value is -1.77. The minimum absolute atomic E-state index is 0.140. The van der Waals surface area contributed by atoms with Gasteiger partial charge in [0.2, 0.25) is 0 Å². The van der Waals surface area contributed by atoms with Crippen LogP contribution in [0.15, 0.2) is 37.0 Å². The van der Waals surface area contributed by atoms with Crippen molar-refractivity contribution in [2.24, 2.45) is 0 Å². The summed E-state index contributed by atoms with van der Waals surface area (Å²) in [4.78, 5) is 13.2. The molecule has 1 aromatic rings. The number of nitrogens with zero attached hydrogens (tertiary/aromatic N) is 1. The van der Waals surface area contributed by atoms with Crippen LogP contribution in [0.1, 0.15) is 32.8 Å². The van der Waals surface area contributed by atoms with E-state index in [0.717, 1.165) is 18.5 Å². The first-order valence-electron chi connectivity index (χ1n) is 6.29. The van der Waals surface area contributed by atoms with Crippen LogP contribution in [0.2, 0.25) is 0 Å². The summed E-state index contributed by atoms with van der Waals surface area (Å²) in [6.45, 7) is 9.44. The number of carbonyl (C=O) groups excluding carboxylic acids is 1. The summed E-state index contributed by atoms with van der Waals surface area (Å²) in [7, 11) is 0. The highest BCUT2D eigenvalue weighted by molar-refractivity contribution is 5.89. The largest absolute Gasteiger partial charge is 0.446 e. The molecule has 0 aromatic heterocycles. The lowest BCUT2D eigenvalue weighted by atomic mass is 10.1. The third-order valence-electron chi connectivity index (χ3n) is 2.47. The molecule has 0 N–H and O–H groups in total. The Morgan fingerprint density at radius 2 is 2.00 bits per heavy atom. The van der Waals surface area contributed by atoms with Gasteiger partial charge in [0, 0.05) is 6.20 Å². The van der Waals surface area contributed by atoms with Gasteiger partial charge in [-0.2, -0.15) is 0 Å². The summed E-state index contributed by atoms with van der Waals surface area (Å²) >= 11 is 0. The summed E-state index contributed by atoms with van der Waals surface area (Å²) in [5.41, 5.74) is 2.04. The molecule has 0 saturated carbocycles. The van der Waals surface area contributed by atoms with Gasteiger partial charge < -0.3 is 4.74 Å². The van der Waals surface area contributed by atoms with E-state index < -0.39 is 6.09 Å². The Morgan fingerprint density at radius 1 is 1.39 bits per heavy atom. The maximum atomic E-state index is 11.8. The number of benzene rings is 1. The normalized spacial score (nSPS) is 10.2. The van der Waals surface area contributed by atoms with Crippen molar-refractivity contribution in [1.29, 1.82) is 0 Å². The van der Waals surface area contributed by atoms with Crippen molar-refractivity contribution in [3.8, 4) is 0 Å². The van der Waals surface area contributed by atoms with Crippen LogP contribution < -0.4 is 4.90 Å². The van der Waals surface area contributed by atoms with E-state index in [0.29, 0.717) is 0 Å². The predicted molar refractivity (Wildman–Crippen MR) is 74.7 cm³/mol. The van der Waals surface area contributed by atoms with Crippen molar-refractivity contribution in [3.63, 3.8) is 0 Å². The van der Waals surface area contributed by atoms with Gasteiger partial charge in [-0.15, -0.1) is 0 Å². The van der Waals surface area contributed by atoms with Gasteiger partial charge in [0.15, 0.2) is 0 Å². The minimum atomic E-state index is -0.400. The van der Waals surface area contributed by atoms with Crippen LogP contribution in [0, 0.1) is 0 Å².